The second-order valence-electron chi connectivity index (χ2n) is 6.87. The Labute approximate surface area is 152 Å². The van der Waals surface area contributed by atoms with Gasteiger partial charge in [0, 0.05) is 38.8 Å². The number of anilines is 1. The summed E-state index contributed by atoms with van der Waals surface area (Å²) in [5.41, 5.74) is 4.15. The first-order valence-electron chi connectivity index (χ1n) is 9.04. The molecule has 0 bridgehead atoms. The molecular formula is C19H24N6O. The number of rotatable bonds is 5. The second kappa shape index (κ2) is 7.39. The Hall–Kier alpha value is -2.51. The van der Waals surface area contributed by atoms with Crippen molar-refractivity contribution in [2.75, 3.05) is 31.1 Å². The number of nitrogens with one attached hydrogen (secondary N) is 1. The topological polar surface area (TPSA) is 81.2 Å². The lowest BCUT2D eigenvalue weighted by Gasteiger charge is -2.42. The maximum atomic E-state index is 9.55. The Balaban J connectivity index is 1.52. The predicted molar refractivity (Wildman–Crippen MR) is 101 cm³/mol. The average Bonchev–Trinajstić information content (AvgIpc) is 3.14. The fourth-order valence-electron chi connectivity index (χ4n) is 3.64. The lowest BCUT2D eigenvalue weighted by molar-refractivity contribution is 0.135. The van der Waals surface area contributed by atoms with E-state index in [1.54, 1.807) is 12.7 Å². The summed E-state index contributed by atoms with van der Waals surface area (Å²) in [4.78, 5) is 20.8. The number of benzene rings is 1. The highest BCUT2D eigenvalue weighted by molar-refractivity contribution is 5.82. The Morgan fingerprint density at radius 2 is 2.00 bits per heavy atom. The monoisotopic (exact) mass is 352 g/mol. The molecule has 26 heavy (non-hydrogen) atoms. The number of H-pyrrole nitrogens is 1. The summed E-state index contributed by atoms with van der Waals surface area (Å²) in [6.45, 7) is 5.85. The summed E-state index contributed by atoms with van der Waals surface area (Å²) in [7, 11) is 0. The van der Waals surface area contributed by atoms with Crippen LogP contribution in [0.4, 0.5) is 5.82 Å². The average molecular weight is 352 g/mol. The van der Waals surface area contributed by atoms with Crippen molar-refractivity contribution in [3.05, 3.63) is 48.0 Å². The van der Waals surface area contributed by atoms with E-state index >= 15 is 0 Å². The molecule has 0 saturated carbocycles. The van der Waals surface area contributed by atoms with Crippen LogP contribution in [0.3, 0.4) is 0 Å². The van der Waals surface area contributed by atoms with Crippen LogP contribution in [0.25, 0.3) is 11.2 Å². The van der Waals surface area contributed by atoms with E-state index in [1.165, 1.54) is 11.1 Å². The van der Waals surface area contributed by atoms with Crippen molar-refractivity contribution in [2.45, 2.75) is 25.9 Å². The van der Waals surface area contributed by atoms with Crippen LogP contribution in [-0.4, -0.2) is 62.2 Å². The summed E-state index contributed by atoms with van der Waals surface area (Å²) in [6, 6.07) is 8.97. The van der Waals surface area contributed by atoms with E-state index in [-0.39, 0.29) is 12.6 Å². The van der Waals surface area contributed by atoms with Crippen molar-refractivity contribution >= 4 is 17.0 Å². The zero-order chi connectivity index (χ0) is 17.9. The highest BCUT2D eigenvalue weighted by atomic mass is 16.3. The van der Waals surface area contributed by atoms with Crippen LogP contribution in [-0.2, 0) is 6.54 Å². The van der Waals surface area contributed by atoms with Crippen molar-refractivity contribution in [3.63, 3.8) is 0 Å². The summed E-state index contributed by atoms with van der Waals surface area (Å²) >= 11 is 0. The standard InChI is InChI=1S/C19H24N6O/c1-14-2-4-15(5-3-14)10-24-7-8-25(11-16(24)6-9-26)19-17-18(21-12-20-17)22-13-23-19/h2-5,12-13,16,26H,6-11H2,1H3,(H,20,21,22,23)/t16-/m0/s1. The number of hydrogen-bond acceptors (Lipinski definition) is 6. The van der Waals surface area contributed by atoms with Crippen molar-refractivity contribution in [3.8, 4) is 0 Å². The molecule has 7 heteroatoms. The van der Waals surface area contributed by atoms with Gasteiger partial charge in [-0.25, -0.2) is 15.0 Å². The zero-order valence-corrected chi connectivity index (χ0v) is 15.0. The lowest BCUT2D eigenvalue weighted by atomic mass is 10.1. The first kappa shape index (κ1) is 16.9. The molecule has 1 aromatic carbocycles. The smallest absolute Gasteiger partial charge is 0.182 e. The summed E-state index contributed by atoms with van der Waals surface area (Å²) in [6.07, 6.45) is 3.97. The molecule has 1 saturated heterocycles. The largest absolute Gasteiger partial charge is 0.396 e. The van der Waals surface area contributed by atoms with Gasteiger partial charge in [0.25, 0.3) is 0 Å². The molecule has 0 aliphatic carbocycles. The van der Waals surface area contributed by atoms with E-state index in [1.807, 2.05) is 0 Å². The number of hydrogen-bond donors (Lipinski definition) is 2. The summed E-state index contributed by atoms with van der Waals surface area (Å²) in [5.74, 6) is 0.894. The van der Waals surface area contributed by atoms with Gasteiger partial charge in [-0.1, -0.05) is 29.8 Å². The number of aromatic amines is 1. The van der Waals surface area contributed by atoms with Crippen LogP contribution in [0.15, 0.2) is 36.9 Å². The third-order valence-corrected chi connectivity index (χ3v) is 5.08. The molecule has 0 amide bonds. The number of aryl methyl sites for hydroxylation is 1. The van der Waals surface area contributed by atoms with Gasteiger partial charge in [0.1, 0.15) is 11.8 Å². The predicted octanol–water partition coefficient (Wildman–Crippen LogP) is 1.73. The number of aromatic nitrogens is 4. The van der Waals surface area contributed by atoms with Gasteiger partial charge in [0.05, 0.1) is 6.33 Å². The lowest BCUT2D eigenvalue weighted by Crippen LogP contribution is -2.53. The van der Waals surface area contributed by atoms with Crippen molar-refractivity contribution in [1.82, 2.24) is 24.8 Å². The zero-order valence-electron chi connectivity index (χ0n) is 15.0. The molecule has 2 aromatic heterocycles. The van der Waals surface area contributed by atoms with E-state index in [0.29, 0.717) is 5.65 Å². The first-order chi connectivity index (χ1) is 12.7. The van der Waals surface area contributed by atoms with Gasteiger partial charge in [0.15, 0.2) is 11.5 Å². The van der Waals surface area contributed by atoms with Gasteiger partial charge in [-0.05, 0) is 18.9 Å². The van der Waals surface area contributed by atoms with E-state index in [4.69, 9.17) is 0 Å². The Morgan fingerprint density at radius 3 is 2.81 bits per heavy atom. The maximum Gasteiger partial charge on any atom is 0.182 e. The SMILES string of the molecule is Cc1ccc(CN2CCN(c3ncnc4nc[nH]c34)C[C@@H]2CCO)cc1. The normalized spacial score (nSPS) is 18.5. The van der Waals surface area contributed by atoms with Gasteiger partial charge in [-0.15, -0.1) is 0 Å². The Bertz CT molecular complexity index is 862. The molecule has 3 heterocycles. The molecule has 2 N–H and O–H groups in total. The van der Waals surface area contributed by atoms with Gasteiger partial charge in [-0.3, -0.25) is 4.90 Å². The summed E-state index contributed by atoms with van der Waals surface area (Å²) < 4.78 is 0. The third kappa shape index (κ3) is 3.40. The molecule has 1 aliphatic heterocycles. The van der Waals surface area contributed by atoms with E-state index < -0.39 is 0 Å². The van der Waals surface area contributed by atoms with Crippen molar-refractivity contribution in [2.24, 2.45) is 0 Å². The number of imidazole rings is 1. The van der Waals surface area contributed by atoms with Gasteiger partial charge < -0.3 is 15.0 Å². The van der Waals surface area contributed by atoms with Crippen molar-refractivity contribution < 1.29 is 5.11 Å². The molecule has 7 nitrogen and oxygen atoms in total. The molecule has 0 spiro atoms. The third-order valence-electron chi connectivity index (χ3n) is 5.08. The van der Waals surface area contributed by atoms with E-state index in [2.05, 4.69) is 60.9 Å². The molecule has 136 valence electrons. The number of piperazine rings is 1. The Kier molecular flexibility index (Phi) is 4.81. The van der Waals surface area contributed by atoms with Crippen LogP contribution < -0.4 is 4.90 Å². The molecular weight excluding hydrogens is 328 g/mol. The molecule has 4 rings (SSSR count). The van der Waals surface area contributed by atoms with Gasteiger partial charge in [0.2, 0.25) is 0 Å². The number of fused-ring (bicyclic) bond motifs is 1. The highest BCUT2D eigenvalue weighted by Crippen LogP contribution is 2.24. The minimum atomic E-state index is 0.187. The van der Waals surface area contributed by atoms with Gasteiger partial charge in [-0.2, -0.15) is 0 Å². The molecule has 1 fully saturated rings. The number of aliphatic hydroxyl groups is 1. The molecule has 0 unspecified atom stereocenters. The quantitative estimate of drug-likeness (QED) is 0.728. The fraction of sp³-hybridized carbons (Fsp3) is 0.421. The van der Waals surface area contributed by atoms with Crippen LogP contribution >= 0.6 is 0 Å². The van der Waals surface area contributed by atoms with Crippen LogP contribution in [0, 0.1) is 6.92 Å². The molecule has 1 atom stereocenters. The molecule has 0 radical (unpaired) electrons. The minimum Gasteiger partial charge on any atom is -0.396 e. The first-order valence-corrected chi connectivity index (χ1v) is 9.04. The Morgan fingerprint density at radius 1 is 1.15 bits per heavy atom. The molecule has 3 aromatic rings. The maximum absolute atomic E-state index is 9.55. The number of nitrogens with zero attached hydrogens (tertiary/aromatic N) is 5. The van der Waals surface area contributed by atoms with E-state index in [0.717, 1.165) is 43.9 Å². The molecule has 1 aliphatic rings. The van der Waals surface area contributed by atoms with E-state index in [9.17, 15) is 5.11 Å². The van der Waals surface area contributed by atoms with Gasteiger partial charge >= 0.3 is 0 Å². The highest BCUT2D eigenvalue weighted by Gasteiger charge is 2.28. The number of aliphatic hydroxyl groups excluding tert-OH is 1. The van der Waals surface area contributed by atoms with Crippen LogP contribution in [0.5, 0.6) is 0 Å². The summed E-state index contributed by atoms with van der Waals surface area (Å²) in [5, 5.41) is 9.55. The fourth-order valence-corrected chi connectivity index (χ4v) is 3.64. The van der Waals surface area contributed by atoms with Crippen LogP contribution in [0.2, 0.25) is 0 Å². The van der Waals surface area contributed by atoms with Crippen LogP contribution in [0.1, 0.15) is 17.5 Å². The minimum absolute atomic E-state index is 0.187. The van der Waals surface area contributed by atoms with Crippen molar-refractivity contribution in [1.29, 1.82) is 0 Å². The second-order valence-corrected chi connectivity index (χ2v) is 6.87.